The lowest BCUT2D eigenvalue weighted by atomic mass is 10.2. The number of halogens is 6. The van der Waals surface area contributed by atoms with E-state index >= 15 is 0 Å². The highest BCUT2D eigenvalue weighted by Crippen LogP contribution is 2.34. The molecule has 94 valence electrons. The molecule has 0 radical (unpaired) electrons. The zero-order valence-electron chi connectivity index (χ0n) is 8.02. The highest BCUT2D eigenvalue weighted by Gasteiger charge is 2.57. The number of hydrogen-bond donors (Lipinski definition) is 0. The maximum absolute atomic E-state index is 12.5. The van der Waals surface area contributed by atoms with Gasteiger partial charge in [0.15, 0.2) is 6.61 Å². The lowest BCUT2D eigenvalue weighted by Gasteiger charge is -2.21. The van der Waals surface area contributed by atoms with Crippen molar-refractivity contribution in [2.45, 2.75) is 25.2 Å². The van der Waals surface area contributed by atoms with Gasteiger partial charge in [-0.05, 0) is 6.92 Å². The second kappa shape index (κ2) is 5.22. The molecule has 0 aliphatic carbocycles. The van der Waals surface area contributed by atoms with Crippen molar-refractivity contribution >= 4 is 5.97 Å². The second-order valence-corrected chi connectivity index (χ2v) is 2.77. The number of esters is 1. The highest BCUT2D eigenvalue weighted by atomic mass is 19.4. The first-order valence-electron chi connectivity index (χ1n) is 3.99. The van der Waals surface area contributed by atoms with E-state index in [1.807, 2.05) is 0 Å². The third kappa shape index (κ3) is 4.54. The Hall–Kier alpha value is -1.21. The van der Waals surface area contributed by atoms with E-state index in [2.05, 4.69) is 4.74 Å². The van der Waals surface area contributed by atoms with Gasteiger partial charge in [0.1, 0.15) is 0 Å². The summed E-state index contributed by atoms with van der Waals surface area (Å²) in [5.41, 5.74) is 0. The van der Waals surface area contributed by atoms with Crippen LogP contribution in [0, 0.1) is 0 Å². The Morgan fingerprint density at radius 3 is 2.19 bits per heavy atom. The Bertz CT molecular complexity index is 270. The van der Waals surface area contributed by atoms with Gasteiger partial charge >= 0.3 is 18.1 Å². The maximum atomic E-state index is 12.5. The zero-order valence-corrected chi connectivity index (χ0v) is 8.02. The monoisotopic (exact) mass is 250 g/mol. The second-order valence-electron chi connectivity index (χ2n) is 2.77. The fraction of sp³-hybridized carbons (Fsp3) is 0.625. The van der Waals surface area contributed by atoms with E-state index < -0.39 is 30.8 Å². The minimum Gasteiger partial charge on any atom is -0.456 e. The van der Waals surface area contributed by atoms with E-state index in [4.69, 9.17) is 0 Å². The van der Waals surface area contributed by atoms with Gasteiger partial charge < -0.3 is 4.74 Å². The van der Waals surface area contributed by atoms with Crippen LogP contribution in [0.1, 0.15) is 6.92 Å². The van der Waals surface area contributed by atoms with Crippen molar-refractivity contribution in [2.75, 3.05) is 6.61 Å². The van der Waals surface area contributed by atoms with E-state index in [-0.39, 0.29) is 0 Å². The number of alkyl halides is 6. The predicted octanol–water partition coefficient (Wildman–Crippen LogP) is 2.64. The summed E-state index contributed by atoms with van der Waals surface area (Å²) in [5, 5.41) is 0. The first-order valence-corrected chi connectivity index (χ1v) is 3.99. The molecule has 0 amide bonds. The fourth-order valence-electron chi connectivity index (χ4n) is 0.664. The van der Waals surface area contributed by atoms with Gasteiger partial charge in [0.05, 0.1) is 0 Å². The normalized spacial score (nSPS) is 15.2. The summed E-state index contributed by atoms with van der Waals surface area (Å²) in [4.78, 5) is 10.5. The van der Waals surface area contributed by atoms with Crippen LogP contribution < -0.4 is 0 Å². The minimum atomic E-state index is -5.70. The van der Waals surface area contributed by atoms with E-state index in [9.17, 15) is 31.1 Å². The van der Waals surface area contributed by atoms with Crippen LogP contribution >= 0.6 is 0 Å². The van der Waals surface area contributed by atoms with Crippen LogP contribution in [-0.4, -0.2) is 30.8 Å². The van der Waals surface area contributed by atoms with E-state index in [1.165, 1.54) is 6.92 Å². The number of carbonyl (C=O) groups is 1. The molecule has 0 saturated carbocycles. The molecule has 0 aromatic heterocycles. The van der Waals surface area contributed by atoms with Crippen LogP contribution in [0.5, 0.6) is 0 Å². The van der Waals surface area contributed by atoms with Crippen molar-refractivity contribution in [2.24, 2.45) is 0 Å². The van der Waals surface area contributed by atoms with Crippen molar-refractivity contribution in [1.29, 1.82) is 0 Å². The van der Waals surface area contributed by atoms with Gasteiger partial charge in [-0.15, -0.1) is 0 Å². The largest absolute Gasteiger partial charge is 0.456 e. The Morgan fingerprint density at radius 1 is 1.31 bits per heavy atom. The first-order chi connectivity index (χ1) is 7.11. The fourth-order valence-corrected chi connectivity index (χ4v) is 0.664. The van der Waals surface area contributed by atoms with Crippen molar-refractivity contribution < 1.29 is 35.9 Å². The average Bonchev–Trinajstić information content (AvgIpc) is 2.13. The standard InChI is InChI=1S/C8H8F6O2/c1-2-3-5(15)16-4-7(10,11)6(9)8(12,13)14/h2-3,6H,4H2,1H3/b3-2-/t6-/m1/s1. The van der Waals surface area contributed by atoms with Crippen LogP contribution in [0.4, 0.5) is 26.3 Å². The molecular weight excluding hydrogens is 242 g/mol. The number of carbonyl (C=O) groups excluding carboxylic acids is 1. The van der Waals surface area contributed by atoms with Crippen LogP contribution in [0.15, 0.2) is 12.2 Å². The first kappa shape index (κ1) is 14.8. The van der Waals surface area contributed by atoms with E-state index in [0.717, 1.165) is 12.2 Å². The van der Waals surface area contributed by atoms with Crippen LogP contribution in [0.25, 0.3) is 0 Å². The minimum absolute atomic E-state index is 0.719. The van der Waals surface area contributed by atoms with Crippen LogP contribution in [0.3, 0.4) is 0 Å². The summed E-state index contributed by atoms with van der Waals surface area (Å²) in [5.74, 6) is -6.06. The number of allylic oxidation sites excluding steroid dienone is 1. The Kier molecular flexibility index (Phi) is 4.82. The summed E-state index contributed by atoms with van der Waals surface area (Å²) in [6.07, 6.45) is -8.21. The van der Waals surface area contributed by atoms with E-state index in [1.54, 1.807) is 0 Å². The molecular formula is C8H8F6O2. The quantitative estimate of drug-likeness (QED) is 0.435. The van der Waals surface area contributed by atoms with E-state index in [0.29, 0.717) is 0 Å². The maximum Gasteiger partial charge on any atom is 0.425 e. The number of hydrogen-bond acceptors (Lipinski definition) is 2. The molecule has 0 aromatic rings. The summed E-state index contributed by atoms with van der Waals surface area (Å²) >= 11 is 0. The molecule has 1 atom stereocenters. The summed E-state index contributed by atoms with van der Waals surface area (Å²) in [6, 6.07) is 0. The number of ether oxygens (including phenoxy) is 1. The molecule has 0 saturated heterocycles. The third-order valence-corrected chi connectivity index (χ3v) is 1.37. The molecule has 2 nitrogen and oxygen atoms in total. The molecule has 0 fully saturated rings. The zero-order chi connectivity index (χ0) is 13.0. The molecule has 0 spiro atoms. The van der Waals surface area contributed by atoms with Crippen molar-refractivity contribution in [1.82, 2.24) is 0 Å². The van der Waals surface area contributed by atoms with Gasteiger partial charge in [-0.3, -0.25) is 0 Å². The molecule has 0 bridgehead atoms. The molecule has 0 rings (SSSR count). The highest BCUT2D eigenvalue weighted by molar-refractivity contribution is 5.81. The molecule has 8 heteroatoms. The Morgan fingerprint density at radius 2 is 1.81 bits per heavy atom. The Labute approximate surface area is 86.9 Å². The van der Waals surface area contributed by atoms with Gasteiger partial charge in [0.2, 0.25) is 0 Å². The summed E-state index contributed by atoms with van der Waals surface area (Å²) in [7, 11) is 0. The molecule has 0 N–H and O–H groups in total. The topological polar surface area (TPSA) is 26.3 Å². The Balaban J connectivity index is 4.41. The van der Waals surface area contributed by atoms with Crippen molar-refractivity contribution in [3.8, 4) is 0 Å². The van der Waals surface area contributed by atoms with Gasteiger partial charge in [0, 0.05) is 6.08 Å². The van der Waals surface area contributed by atoms with Crippen LogP contribution in [0.2, 0.25) is 0 Å². The molecule has 0 aliphatic heterocycles. The lowest BCUT2D eigenvalue weighted by molar-refractivity contribution is -0.253. The van der Waals surface area contributed by atoms with Gasteiger partial charge in [-0.1, -0.05) is 6.08 Å². The average molecular weight is 250 g/mol. The third-order valence-electron chi connectivity index (χ3n) is 1.37. The number of rotatable bonds is 4. The molecule has 0 heterocycles. The lowest BCUT2D eigenvalue weighted by Crippen LogP contribution is -2.45. The van der Waals surface area contributed by atoms with Gasteiger partial charge in [0.25, 0.3) is 6.17 Å². The van der Waals surface area contributed by atoms with Gasteiger partial charge in [-0.2, -0.15) is 22.0 Å². The molecule has 0 unspecified atom stereocenters. The molecule has 16 heavy (non-hydrogen) atoms. The van der Waals surface area contributed by atoms with Crippen molar-refractivity contribution in [3.63, 3.8) is 0 Å². The smallest absolute Gasteiger partial charge is 0.425 e. The SMILES string of the molecule is C/C=C\C(=O)OCC(F)(F)[C@@H](F)C(F)(F)F. The summed E-state index contributed by atoms with van der Waals surface area (Å²) in [6.45, 7) is -0.593. The predicted molar refractivity (Wildman–Crippen MR) is 41.7 cm³/mol. The van der Waals surface area contributed by atoms with Crippen molar-refractivity contribution in [3.05, 3.63) is 12.2 Å². The molecule has 0 aliphatic rings. The van der Waals surface area contributed by atoms with Gasteiger partial charge in [-0.25, -0.2) is 9.18 Å². The molecule has 0 aromatic carbocycles. The summed E-state index contributed by atoms with van der Waals surface area (Å²) < 4.78 is 75.8. The van der Waals surface area contributed by atoms with Crippen LogP contribution in [-0.2, 0) is 9.53 Å².